The molecule has 1 unspecified atom stereocenters. The highest BCUT2D eigenvalue weighted by atomic mass is 32.1. The number of benzene rings is 1. The van der Waals surface area contributed by atoms with Crippen molar-refractivity contribution in [2.45, 2.75) is 12.6 Å². The zero-order valence-corrected chi connectivity index (χ0v) is 12.4. The van der Waals surface area contributed by atoms with Gasteiger partial charge in [0.25, 0.3) is 0 Å². The maximum Gasteiger partial charge on any atom is 0.165 e. The number of halogens is 1. The van der Waals surface area contributed by atoms with Crippen LogP contribution in [0.25, 0.3) is 0 Å². The lowest BCUT2D eigenvalue weighted by molar-refractivity contribution is 0.238. The van der Waals surface area contributed by atoms with E-state index in [0.717, 1.165) is 11.3 Å². The van der Waals surface area contributed by atoms with Crippen molar-refractivity contribution in [2.24, 2.45) is 5.73 Å². The van der Waals surface area contributed by atoms with Gasteiger partial charge in [-0.25, -0.2) is 9.37 Å². The Labute approximate surface area is 122 Å². The summed E-state index contributed by atoms with van der Waals surface area (Å²) in [5.74, 6) is -0.128. The Bertz CT molecular complexity index is 547. The second-order valence-corrected chi connectivity index (χ2v) is 5.26. The summed E-state index contributed by atoms with van der Waals surface area (Å²) in [7, 11) is 3.41. The second kappa shape index (κ2) is 6.78. The van der Waals surface area contributed by atoms with Crippen LogP contribution in [0.15, 0.2) is 29.1 Å². The smallest absolute Gasteiger partial charge is 0.165 e. The third-order valence-electron chi connectivity index (χ3n) is 3.21. The summed E-state index contributed by atoms with van der Waals surface area (Å²) in [4.78, 5) is 6.32. The lowest BCUT2D eigenvalue weighted by Crippen LogP contribution is -2.30. The predicted octanol–water partition coefficient (Wildman–Crippen LogP) is 2.42. The molecular formula is C14H18FN3OS. The predicted molar refractivity (Wildman–Crippen MR) is 78.3 cm³/mol. The van der Waals surface area contributed by atoms with Gasteiger partial charge < -0.3 is 10.5 Å². The van der Waals surface area contributed by atoms with Crippen LogP contribution in [-0.4, -0.2) is 30.6 Å². The van der Waals surface area contributed by atoms with E-state index in [1.807, 2.05) is 18.5 Å². The fourth-order valence-corrected chi connectivity index (χ4v) is 2.69. The molecule has 0 amide bonds. The highest BCUT2D eigenvalue weighted by Crippen LogP contribution is 2.25. The summed E-state index contributed by atoms with van der Waals surface area (Å²) in [5.41, 5.74) is 9.47. The first-order valence-electron chi connectivity index (χ1n) is 6.26. The maximum absolute atomic E-state index is 13.8. The van der Waals surface area contributed by atoms with E-state index in [2.05, 4.69) is 9.88 Å². The number of thiazole rings is 1. The van der Waals surface area contributed by atoms with E-state index >= 15 is 0 Å². The van der Waals surface area contributed by atoms with Crippen LogP contribution in [0.5, 0.6) is 5.75 Å². The average molecular weight is 295 g/mol. The van der Waals surface area contributed by atoms with Gasteiger partial charge >= 0.3 is 0 Å². The van der Waals surface area contributed by atoms with Crippen LogP contribution in [-0.2, 0) is 6.54 Å². The molecule has 0 fully saturated rings. The summed E-state index contributed by atoms with van der Waals surface area (Å²) in [6, 6.07) is 4.90. The van der Waals surface area contributed by atoms with E-state index in [0.29, 0.717) is 13.1 Å². The molecule has 0 radical (unpaired) electrons. The van der Waals surface area contributed by atoms with Crippen LogP contribution in [0.2, 0.25) is 0 Å². The molecule has 0 aliphatic rings. The van der Waals surface area contributed by atoms with Gasteiger partial charge in [0.2, 0.25) is 0 Å². The fourth-order valence-electron chi connectivity index (χ4n) is 2.14. The van der Waals surface area contributed by atoms with Crippen LogP contribution in [0, 0.1) is 5.82 Å². The van der Waals surface area contributed by atoms with Gasteiger partial charge in [-0.1, -0.05) is 6.07 Å². The zero-order valence-electron chi connectivity index (χ0n) is 11.5. The van der Waals surface area contributed by atoms with Crippen molar-refractivity contribution in [1.82, 2.24) is 9.88 Å². The number of aromatic nitrogens is 1. The number of hydrogen-bond donors (Lipinski definition) is 1. The van der Waals surface area contributed by atoms with Crippen molar-refractivity contribution in [3.8, 4) is 5.75 Å². The van der Waals surface area contributed by atoms with Gasteiger partial charge in [-0.2, -0.15) is 0 Å². The number of methoxy groups -OCH3 is 1. The molecular weight excluding hydrogens is 277 g/mol. The molecule has 1 aromatic heterocycles. The van der Waals surface area contributed by atoms with E-state index < -0.39 is 0 Å². The Kier molecular flexibility index (Phi) is 5.05. The molecule has 1 aromatic carbocycles. The molecule has 6 heteroatoms. The Balaban J connectivity index is 2.16. The number of rotatable bonds is 6. The van der Waals surface area contributed by atoms with Crippen molar-refractivity contribution in [2.75, 3.05) is 20.7 Å². The summed E-state index contributed by atoms with van der Waals surface area (Å²) >= 11 is 1.56. The quantitative estimate of drug-likeness (QED) is 0.889. The monoisotopic (exact) mass is 295 g/mol. The summed E-state index contributed by atoms with van der Waals surface area (Å²) in [5, 5.41) is 2.00. The molecule has 2 rings (SSSR count). The van der Waals surface area contributed by atoms with Gasteiger partial charge in [0.05, 0.1) is 18.3 Å². The van der Waals surface area contributed by atoms with Crippen LogP contribution in [0.1, 0.15) is 17.3 Å². The van der Waals surface area contributed by atoms with E-state index in [1.54, 1.807) is 22.9 Å². The lowest BCUT2D eigenvalue weighted by atomic mass is 10.1. The SMILES string of the molecule is COc1ccc(C(CN)N(C)Cc2cscn2)cc1F. The van der Waals surface area contributed by atoms with Crippen molar-refractivity contribution in [1.29, 1.82) is 0 Å². The minimum atomic E-state index is -0.370. The van der Waals surface area contributed by atoms with Crippen LogP contribution in [0.3, 0.4) is 0 Å². The molecule has 1 heterocycles. The van der Waals surface area contributed by atoms with Gasteiger partial charge in [-0.05, 0) is 24.7 Å². The van der Waals surface area contributed by atoms with Gasteiger partial charge in [-0.15, -0.1) is 11.3 Å². The Hall–Kier alpha value is -1.50. The van der Waals surface area contributed by atoms with Gasteiger partial charge in [0.15, 0.2) is 11.6 Å². The van der Waals surface area contributed by atoms with E-state index in [4.69, 9.17) is 10.5 Å². The minimum Gasteiger partial charge on any atom is -0.494 e. The highest BCUT2D eigenvalue weighted by molar-refractivity contribution is 7.07. The minimum absolute atomic E-state index is 0.0582. The first kappa shape index (κ1) is 14.9. The molecule has 4 nitrogen and oxygen atoms in total. The average Bonchev–Trinajstić information content (AvgIpc) is 2.92. The van der Waals surface area contributed by atoms with E-state index in [1.165, 1.54) is 13.2 Å². The van der Waals surface area contributed by atoms with Crippen molar-refractivity contribution < 1.29 is 9.13 Å². The van der Waals surface area contributed by atoms with Crippen molar-refractivity contribution in [3.05, 3.63) is 46.2 Å². The van der Waals surface area contributed by atoms with Crippen molar-refractivity contribution in [3.63, 3.8) is 0 Å². The van der Waals surface area contributed by atoms with Crippen LogP contribution >= 0.6 is 11.3 Å². The summed E-state index contributed by atoms with van der Waals surface area (Å²) in [6.45, 7) is 1.09. The third-order valence-corrected chi connectivity index (χ3v) is 3.85. The number of nitrogens with two attached hydrogens (primary N) is 1. The van der Waals surface area contributed by atoms with E-state index in [-0.39, 0.29) is 17.6 Å². The van der Waals surface area contributed by atoms with Crippen LogP contribution in [0.4, 0.5) is 4.39 Å². The number of ether oxygens (including phenoxy) is 1. The molecule has 2 N–H and O–H groups in total. The Morgan fingerprint density at radius 3 is 2.85 bits per heavy atom. The highest BCUT2D eigenvalue weighted by Gasteiger charge is 2.18. The second-order valence-electron chi connectivity index (χ2n) is 4.54. The molecule has 0 spiro atoms. The Morgan fingerprint density at radius 2 is 2.30 bits per heavy atom. The topological polar surface area (TPSA) is 51.4 Å². The van der Waals surface area contributed by atoms with Gasteiger partial charge in [-0.3, -0.25) is 4.90 Å². The molecule has 0 saturated heterocycles. The standard InChI is InChI=1S/C14H18FN3OS/c1-18(7-11-8-20-9-17-11)13(6-16)10-3-4-14(19-2)12(15)5-10/h3-5,8-9,13H,6-7,16H2,1-2H3. The lowest BCUT2D eigenvalue weighted by Gasteiger charge is -2.26. The molecule has 0 aliphatic carbocycles. The van der Waals surface area contributed by atoms with E-state index in [9.17, 15) is 4.39 Å². The summed E-state index contributed by atoms with van der Waals surface area (Å²) in [6.07, 6.45) is 0. The first-order chi connectivity index (χ1) is 9.65. The van der Waals surface area contributed by atoms with Gasteiger partial charge in [0.1, 0.15) is 0 Å². The molecule has 0 aliphatic heterocycles. The molecule has 0 saturated carbocycles. The Morgan fingerprint density at radius 1 is 1.50 bits per heavy atom. The van der Waals surface area contributed by atoms with Crippen molar-refractivity contribution >= 4 is 11.3 Å². The molecule has 20 heavy (non-hydrogen) atoms. The molecule has 1 atom stereocenters. The molecule has 108 valence electrons. The maximum atomic E-state index is 13.8. The van der Waals surface area contributed by atoms with Crippen LogP contribution < -0.4 is 10.5 Å². The number of hydrogen-bond acceptors (Lipinski definition) is 5. The number of likely N-dealkylation sites (N-methyl/N-ethyl adjacent to an activating group) is 1. The largest absolute Gasteiger partial charge is 0.494 e. The first-order valence-corrected chi connectivity index (χ1v) is 7.20. The number of nitrogens with zero attached hydrogens (tertiary/aromatic N) is 2. The fraction of sp³-hybridized carbons (Fsp3) is 0.357. The zero-order chi connectivity index (χ0) is 14.5. The molecule has 2 aromatic rings. The summed E-state index contributed by atoms with van der Waals surface area (Å²) < 4.78 is 18.7. The van der Waals surface area contributed by atoms with Gasteiger partial charge in [0, 0.05) is 24.5 Å². The normalized spacial score (nSPS) is 12.7. The third kappa shape index (κ3) is 3.33. The molecule has 0 bridgehead atoms.